The summed E-state index contributed by atoms with van der Waals surface area (Å²) < 4.78 is 79.2. The number of nitrogens with two attached hydrogens (primary N) is 2. The average molecular weight is 486 g/mol. The average Bonchev–Trinajstić information content (AvgIpc) is 3.22. The topological polar surface area (TPSA) is 87.7 Å². The van der Waals surface area contributed by atoms with Crippen molar-refractivity contribution < 1.29 is 26.3 Å². The van der Waals surface area contributed by atoms with Gasteiger partial charge in [0.2, 0.25) is 0 Å². The molecule has 6 nitrogen and oxygen atoms in total. The van der Waals surface area contributed by atoms with Crippen molar-refractivity contribution in [3.05, 3.63) is 47.0 Å². The molecular weight excluding hydrogens is 462 g/mol. The van der Waals surface area contributed by atoms with Gasteiger partial charge in [0.1, 0.15) is 17.2 Å². The van der Waals surface area contributed by atoms with Crippen LogP contribution in [0, 0.1) is 13.8 Å². The fourth-order valence-electron chi connectivity index (χ4n) is 3.90. The normalized spacial score (nSPS) is 12.3. The predicted molar refractivity (Wildman–Crippen MR) is 119 cm³/mol. The number of imidazole rings is 2. The molecule has 2 heterocycles. The Morgan fingerprint density at radius 2 is 1.24 bits per heavy atom. The van der Waals surface area contributed by atoms with Gasteiger partial charge in [0.05, 0.1) is 39.1 Å². The van der Waals surface area contributed by atoms with Crippen LogP contribution in [0.25, 0.3) is 22.1 Å². The maximum atomic E-state index is 12.7. The SMILES string of the molecule is CCn1c(C)nc2c(N)cc(C(F)(F)F)cc21.CCn1c(C)nc2cc(C(F)(F)F)cc(N)c21. The molecule has 0 bridgehead atoms. The first-order valence-electron chi connectivity index (χ1n) is 10.4. The van der Waals surface area contributed by atoms with E-state index in [-0.39, 0.29) is 16.9 Å². The Balaban J connectivity index is 0.000000191. The first-order chi connectivity index (χ1) is 15.7. The lowest BCUT2D eigenvalue weighted by atomic mass is 10.1. The second kappa shape index (κ2) is 8.73. The Morgan fingerprint density at radius 1 is 0.735 bits per heavy atom. The number of anilines is 2. The van der Waals surface area contributed by atoms with E-state index in [1.807, 2.05) is 13.8 Å². The molecule has 0 spiro atoms. The van der Waals surface area contributed by atoms with Gasteiger partial charge in [0.25, 0.3) is 0 Å². The monoisotopic (exact) mass is 486 g/mol. The second-order valence-corrected chi connectivity index (χ2v) is 7.67. The summed E-state index contributed by atoms with van der Waals surface area (Å²) in [5.74, 6) is 1.32. The van der Waals surface area contributed by atoms with Gasteiger partial charge in [-0.15, -0.1) is 0 Å². The molecule has 2 aromatic heterocycles. The third-order valence-corrected chi connectivity index (χ3v) is 5.42. The van der Waals surface area contributed by atoms with Crippen molar-refractivity contribution in [3.63, 3.8) is 0 Å². The van der Waals surface area contributed by atoms with Gasteiger partial charge in [-0.1, -0.05) is 0 Å². The lowest BCUT2D eigenvalue weighted by Gasteiger charge is -2.09. The fraction of sp³-hybridized carbons (Fsp3) is 0.364. The number of hydrogen-bond donors (Lipinski definition) is 2. The van der Waals surface area contributed by atoms with Crippen molar-refractivity contribution in [2.24, 2.45) is 0 Å². The number of nitrogen functional groups attached to an aromatic ring is 2. The van der Waals surface area contributed by atoms with Crippen LogP contribution >= 0.6 is 0 Å². The fourth-order valence-corrected chi connectivity index (χ4v) is 3.90. The molecule has 0 aliphatic heterocycles. The number of aryl methyl sites for hydroxylation is 4. The molecule has 2 aromatic carbocycles. The maximum Gasteiger partial charge on any atom is 0.416 e. The van der Waals surface area contributed by atoms with Crippen molar-refractivity contribution >= 4 is 33.4 Å². The molecule has 34 heavy (non-hydrogen) atoms. The Bertz CT molecular complexity index is 1350. The van der Waals surface area contributed by atoms with Crippen molar-refractivity contribution in [2.75, 3.05) is 11.5 Å². The Kier molecular flexibility index (Phi) is 6.47. The van der Waals surface area contributed by atoms with Gasteiger partial charge in [-0.05, 0) is 52.0 Å². The first kappa shape index (κ1) is 25.2. The standard InChI is InChI=1S/2C11H12F3N3/c1-3-17-6(2)16-10-8(15)4-7(5-9(10)17)11(12,13)14;1-3-17-6(2)16-9-5-7(11(12,13)14)4-8(15)10(9)17/h2*4-5H,3,15H2,1-2H3. The Morgan fingerprint density at radius 3 is 1.76 bits per heavy atom. The summed E-state index contributed by atoms with van der Waals surface area (Å²) in [7, 11) is 0. The quantitative estimate of drug-likeness (QED) is 0.272. The molecule has 4 N–H and O–H groups in total. The minimum absolute atomic E-state index is 0.0603. The number of rotatable bonds is 2. The molecule has 0 atom stereocenters. The molecule has 4 aromatic rings. The van der Waals surface area contributed by atoms with E-state index in [2.05, 4.69) is 9.97 Å². The van der Waals surface area contributed by atoms with Crippen LogP contribution in [0.1, 0.15) is 36.6 Å². The number of alkyl halides is 6. The predicted octanol–water partition coefficient (Wildman–Crippen LogP) is 5.93. The van der Waals surface area contributed by atoms with Crippen LogP contribution in [0.2, 0.25) is 0 Å². The summed E-state index contributed by atoms with van der Waals surface area (Å²) in [5, 5.41) is 0. The van der Waals surface area contributed by atoms with Crippen LogP contribution < -0.4 is 11.5 Å². The van der Waals surface area contributed by atoms with E-state index >= 15 is 0 Å². The van der Waals surface area contributed by atoms with Crippen LogP contribution in [-0.2, 0) is 25.4 Å². The van der Waals surface area contributed by atoms with Crippen molar-refractivity contribution in [3.8, 4) is 0 Å². The first-order valence-corrected chi connectivity index (χ1v) is 10.4. The van der Waals surface area contributed by atoms with Crippen LogP contribution in [0.4, 0.5) is 37.7 Å². The van der Waals surface area contributed by atoms with E-state index < -0.39 is 23.5 Å². The molecule has 0 aliphatic rings. The van der Waals surface area contributed by atoms with E-state index in [0.29, 0.717) is 41.3 Å². The smallest absolute Gasteiger partial charge is 0.397 e. The zero-order valence-electron chi connectivity index (χ0n) is 18.9. The van der Waals surface area contributed by atoms with Gasteiger partial charge in [0, 0.05) is 13.1 Å². The van der Waals surface area contributed by atoms with E-state index in [9.17, 15) is 26.3 Å². The van der Waals surface area contributed by atoms with Crippen LogP contribution in [0.3, 0.4) is 0 Å². The minimum Gasteiger partial charge on any atom is -0.397 e. The summed E-state index contributed by atoms with van der Waals surface area (Å²) in [6, 6.07) is 4.00. The lowest BCUT2D eigenvalue weighted by Crippen LogP contribution is -2.06. The highest BCUT2D eigenvalue weighted by Gasteiger charge is 2.33. The summed E-state index contributed by atoms with van der Waals surface area (Å²) in [6.45, 7) is 8.42. The molecule has 0 amide bonds. The number of halogens is 6. The van der Waals surface area contributed by atoms with Gasteiger partial charge in [-0.3, -0.25) is 0 Å². The number of aromatic nitrogens is 4. The van der Waals surface area contributed by atoms with E-state index in [1.165, 1.54) is 0 Å². The molecule has 0 fully saturated rings. The largest absolute Gasteiger partial charge is 0.416 e. The molecule has 0 unspecified atom stereocenters. The van der Waals surface area contributed by atoms with Gasteiger partial charge < -0.3 is 20.6 Å². The van der Waals surface area contributed by atoms with E-state index in [4.69, 9.17) is 11.5 Å². The molecule has 0 aliphatic carbocycles. The Labute approximate surface area is 191 Å². The summed E-state index contributed by atoms with van der Waals surface area (Å²) in [6.07, 6.45) is -8.79. The molecule has 184 valence electrons. The summed E-state index contributed by atoms with van der Waals surface area (Å²) in [4.78, 5) is 8.28. The highest BCUT2D eigenvalue weighted by molar-refractivity contribution is 5.89. The molecule has 12 heteroatoms. The van der Waals surface area contributed by atoms with Crippen molar-refractivity contribution in [2.45, 2.75) is 53.1 Å². The van der Waals surface area contributed by atoms with Gasteiger partial charge >= 0.3 is 12.4 Å². The van der Waals surface area contributed by atoms with E-state index in [0.717, 1.165) is 24.3 Å². The highest BCUT2D eigenvalue weighted by atomic mass is 19.4. The van der Waals surface area contributed by atoms with Gasteiger partial charge in [-0.2, -0.15) is 26.3 Å². The minimum atomic E-state index is -4.40. The molecular formula is C22H24F6N6. The highest BCUT2D eigenvalue weighted by Crippen LogP contribution is 2.35. The summed E-state index contributed by atoms with van der Waals surface area (Å²) in [5.41, 5.74) is 11.7. The molecule has 0 radical (unpaired) electrons. The molecule has 0 saturated heterocycles. The number of nitrogens with zero attached hydrogens (tertiary/aromatic N) is 4. The molecule has 0 saturated carbocycles. The van der Waals surface area contributed by atoms with Crippen molar-refractivity contribution in [1.29, 1.82) is 0 Å². The maximum absolute atomic E-state index is 12.7. The Hall–Kier alpha value is -3.44. The van der Waals surface area contributed by atoms with Gasteiger partial charge in [0.15, 0.2) is 0 Å². The van der Waals surface area contributed by atoms with Crippen LogP contribution in [0.15, 0.2) is 24.3 Å². The zero-order chi connectivity index (χ0) is 25.6. The van der Waals surface area contributed by atoms with Gasteiger partial charge in [-0.25, -0.2) is 9.97 Å². The lowest BCUT2D eigenvalue weighted by molar-refractivity contribution is -0.138. The number of fused-ring (bicyclic) bond motifs is 2. The van der Waals surface area contributed by atoms with Crippen LogP contribution in [-0.4, -0.2) is 19.1 Å². The number of benzene rings is 2. The third-order valence-electron chi connectivity index (χ3n) is 5.42. The summed E-state index contributed by atoms with van der Waals surface area (Å²) >= 11 is 0. The van der Waals surface area contributed by atoms with E-state index in [1.54, 1.807) is 23.0 Å². The molecule has 4 rings (SSSR count). The van der Waals surface area contributed by atoms with Crippen molar-refractivity contribution in [1.82, 2.24) is 19.1 Å². The second-order valence-electron chi connectivity index (χ2n) is 7.67. The number of hydrogen-bond acceptors (Lipinski definition) is 4. The van der Waals surface area contributed by atoms with Crippen LogP contribution in [0.5, 0.6) is 0 Å². The zero-order valence-corrected chi connectivity index (χ0v) is 18.9. The third kappa shape index (κ3) is 4.62.